The van der Waals surface area contributed by atoms with Gasteiger partial charge >= 0.3 is 0 Å². The van der Waals surface area contributed by atoms with Crippen LogP contribution in [-0.2, 0) is 0 Å². The van der Waals surface area contributed by atoms with E-state index < -0.39 is 0 Å². The Bertz CT molecular complexity index is 616. The van der Waals surface area contributed by atoms with Crippen molar-refractivity contribution in [2.24, 2.45) is 5.92 Å². The number of hydrogen-bond donors (Lipinski definition) is 2. The summed E-state index contributed by atoms with van der Waals surface area (Å²) >= 11 is 0. The molecule has 3 rings (SSSR count). The summed E-state index contributed by atoms with van der Waals surface area (Å²) < 4.78 is 5.42. The number of nitrogens with one attached hydrogen (secondary N) is 2. The lowest BCUT2D eigenvalue weighted by molar-refractivity contribution is 0.129. The van der Waals surface area contributed by atoms with Crippen LogP contribution in [0.4, 0.5) is 0 Å². The van der Waals surface area contributed by atoms with Crippen molar-refractivity contribution in [1.82, 2.24) is 15.2 Å². The highest BCUT2D eigenvalue weighted by molar-refractivity contribution is 5.85. The fourth-order valence-corrected chi connectivity index (χ4v) is 3.54. The Morgan fingerprint density at radius 3 is 2.73 bits per heavy atom. The number of ether oxygens (including phenoxy) is 1. The highest BCUT2D eigenvalue weighted by Gasteiger charge is 2.28. The van der Waals surface area contributed by atoms with Gasteiger partial charge in [0.2, 0.25) is 0 Å². The Labute approximate surface area is 132 Å². The third kappa shape index (κ3) is 2.85. The van der Waals surface area contributed by atoms with Crippen LogP contribution in [0.1, 0.15) is 31.9 Å². The number of fused-ring (bicyclic) bond motifs is 1. The number of H-pyrrole nitrogens is 1. The molecule has 0 aliphatic carbocycles. The van der Waals surface area contributed by atoms with Crippen LogP contribution >= 0.6 is 0 Å². The highest BCUT2D eigenvalue weighted by Crippen LogP contribution is 2.36. The first-order valence-electron chi connectivity index (χ1n) is 8.34. The van der Waals surface area contributed by atoms with Gasteiger partial charge in [0.25, 0.3) is 0 Å². The molecule has 0 bridgehead atoms. The van der Waals surface area contributed by atoms with E-state index in [0.29, 0.717) is 12.0 Å². The van der Waals surface area contributed by atoms with E-state index in [0.717, 1.165) is 31.9 Å². The smallest absolute Gasteiger partial charge is 0.119 e. The number of methoxy groups -OCH3 is 1. The van der Waals surface area contributed by atoms with Crippen molar-refractivity contribution in [3.8, 4) is 5.75 Å². The molecule has 120 valence electrons. The van der Waals surface area contributed by atoms with Crippen molar-refractivity contribution in [3.63, 3.8) is 0 Å². The molecule has 1 fully saturated rings. The summed E-state index contributed by atoms with van der Waals surface area (Å²) in [6.07, 6.45) is 3.38. The van der Waals surface area contributed by atoms with Gasteiger partial charge in [-0.3, -0.25) is 4.90 Å². The van der Waals surface area contributed by atoms with Gasteiger partial charge in [-0.15, -0.1) is 0 Å². The van der Waals surface area contributed by atoms with E-state index in [9.17, 15) is 0 Å². The van der Waals surface area contributed by atoms with E-state index in [1.807, 2.05) is 6.07 Å². The third-order valence-corrected chi connectivity index (χ3v) is 4.97. The number of aromatic amines is 1. The molecule has 1 aromatic heterocycles. The van der Waals surface area contributed by atoms with Crippen LogP contribution in [-0.4, -0.2) is 43.2 Å². The zero-order chi connectivity index (χ0) is 15.5. The first-order chi connectivity index (χ1) is 10.7. The third-order valence-electron chi connectivity index (χ3n) is 4.97. The van der Waals surface area contributed by atoms with Crippen LogP contribution in [0, 0.1) is 5.92 Å². The summed E-state index contributed by atoms with van der Waals surface area (Å²) in [5, 5.41) is 4.75. The maximum absolute atomic E-state index is 5.42. The fourth-order valence-electron chi connectivity index (χ4n) is 3.54. The number of piperazine rings is 1. The Balaban J connectivity index is 2.02. The minimum absolute atomic E-state index is 0.466. The summed E-state index contributed by atoms with van der Waals surface area (Å²) in [6.45, 7) is 9.05. The molecule has 2 heterocycles. The molecule has 0 radical (unpaired) electrons. The van der Waals surface area contributed by atoms with Crippen molar-refractivity contribution in [2.75, 3.05) is 33.3 Å². The van der Waals surface area contributed by atoms with Crippen LogP contribution in [0.25, 0.3) is 10.9 Å². The molecule has 2 atom stereocenters. The monoisotopic (exact) mass is 301 g/mol. The molecule has 2 N–H and O–H groups in total. The molecule has 4 heteroatoms. The topological polar surface area (TPSA) is 40.3 Å². The number of benzene rings is 1. The molecule has 1 unspecified atom stereocenters. The predicted octanol–water partition coefficient (Wildman–Crippen LogP) is 3.17. The van der Waals surface area contributed by atoms with Crippen LogP contribution in [0.15, 0.2) is 24.4 Å². The number of nitrogens with zero attached hydrogens (tertiary/aromatic N) is 1. The van der Waals surface area contributed by atoms with E-state index in [2.05, 4.69) is 47.4 Å². The second-order valence-electron chi connectivity index (χ2n) is 6.27. The van der Waals surface area contributed by atoms with Gasteiger partial charge in [-0.05, 0) is 29.7 Å². The summed E-state index contributed by atoms with van der Waals surface area (Å²) in [7, 11) is 1.73. The molecular weight excluding hydrogens is 274 g/mol. The SMILES string of the molecule is CCC(C)[C@H](c1c[nH]c2ccc(OC)cc12)N1CCNCC1. The largest absolute Gasteiger partial charge is 0.497 e. The fraction of sp³-hybridized carbons (Fsp3) is 0.556. The first-order valence-corrected chi connectivity index (χ1v) is 8.34. The molecule has 1 saturated heterocycles. The Morgan fingerprint density at radius 1 is 1.27 bits per heavy atom. The van der Waals surface area contributed by atoms with Crippen molar-refractivity contribution in [2.45, 2.75) is 26.3 Å². The van der Waals surface area contributed by atoms with Crippen molar-refractivity contribution < 1.29 is 4.74 Å². The predicted molar refractivity (Wildman–Crippen MR) is 91.5 cm³/mol. The minimum atomic E-state index is 0.466. The molecule has 1 aliphatic rings. The lowest BCUT2D eigenvalue weighted by Crippen LogP contribution is -2.46. The molecule has 0 saturated carbocycles. The molecule has 22 heavy (non-hydrogen) atoms. The molecule has 2 aromatic rings. The number of hydrogen-bond acceptors (Lipinski definition) is 3. The maximum atomic E-state index is 5.42. The average molecular weight is 301 g/mol. The highest BCUT2D eigenvalue weighted by atomic mass is 16.5. The lowest BCUT2D eigenvalue weighted by atomic mass is 9.90. The zero-order valence-corrected chi connectivity index (χ0v) is 13.9. The first kappa shape index (κ1) is 15.4. The lowest BCUT2D eigenvalue weighted by Gasteiger charge is -2.38. The van der Waals surface area contributed by atoms with E-state index in [1.54, 1.807) is 7.11 Å². The van der Waals surface area contributed by atoms with Gasteiger partial charge in [0.05, 0.1) is 7.11 Å². The van der Waals surface area contributed by atoms with Gasteiger partial charge in [0, 0.05) is 49.3 Å². The van der Waals surface area contributed by atoms with E-state index in [1.165, 1.54) is 22.9 Å². The summed E-state index contributed by atoms with van der Waals surface area (Å²) in [5.41, 5.74) is 2.60. The van der Waals surface area contributed by atoms with Gasteiger partial charge in [-0.2, -0.15) is 0 Å². The molecular formula is C18H27N3O. The van der Waals surface area contributed by atoms with Gasteiger partial charge in [0.15, 0.2) is 0 Å². The minimum Gasteiger partial charge on any atom is -0.497 e. The molecule has 0 amide bonds. The maximum Gasteiger partial charge on any atom is 0.119 e. The Hall–Kier alpha value is -1.52. The molecule has 1 aliphatic heterocycles. The van der Waals surface area contributed by atoms with Crippen molar-refractivity contribution >= 4 is 10.9 Å². The zero-order valence-electron chi connectivity index (χ0n) is 13.9. The summed E-state index contributed by atoms with van der Waals surface area (Å²) in [5.74, 6) is 1.56. The van der Waals surface area contributed by atoms with Crippen LogP contribution in [0.2, 0.25) is 0 Å². The van der Waals surface area contributed by atoms with Gasteiger partial charge in [-0.25, -0.2) is 0 Å². The molecule has 1 aromatic carbocycles. The summed E-state index contributed by atoms with van der Waals surface area (Å²) in [6, 6.07) is 6.76. The second kappa shape index (κ2) is 6.71. The average Bonchev–Trinajstić information content (AvgIpc) is 2.98. The normalized spacial score (nSPS) is 19.2. The number of rotatable bonds is 5. The van der Waals surface area contributed by atoms with Gasteiger partial charge < -0.3 is 15.0 Å². The van der Waals surface area contributed by atoms with Crippen LogP contribution in [0.5, 0.6) is 5.75 Å². The van der Waals surface area contributed by atoms with Gasteiger partial charge in [0.1, 0.15) is 5.75 Å². The van der Waals surface area contributed by atoms with E-state index in [4.69, 9.17) is 4.74 Å². The van der Waals surface area contributed by atoms with Crippen LogP contribution in [0.3, 0.4) is 0 Å². The van der Waals surface area contributed by atoms with Crippen molar-refractivity contribution in [3.05, 3.63) is 30.0 Å². The van der Waals surface area contributed by atoms with Crippen LogP contribution < -0.4 is 10.1 Å². The molecule has 4 nitrogen and oxygen atoms in total. The standard InChI is InChI=1S/C18H27N3O/c1-4-13(2)18(21-9-7-19-8-10-21)16-12-20-17-6-5-14(22-3)11-15(16)17/h5-6,11-13,18-20H,4,7-10H2,1-3H3/t13?,18-/m1/s1. The second-order valence-corrected chi connectivity index (χ2v) is 6.27. The van der Waals surface area contributed by atoms with Gasteiger partial charge in [-0.1, -0.05) is 20.3 Å². The van der Waals surface area contributed by atoms with Crippen molar-refractivity contribution in [1.29, 1.82) is 0 Å². The molecule has 0 spiro atoms. The Kier molecular flexibility index (Phi) is 4.69. The van der Waals surface area contributed by atoms with E-state index in [-0.39, 0.29) is 0 Å². The quantitative estimate of drug-likeness (QED) is 0.891. The summed E-state index contributed by atoms with van der Waals surface area (Å²) in [4.78, 5) is 6.07. The van der Waals surface area contributed by atoms with E-state index >= 15 is 0 Å². The Morgan fingerprint density at radius 2 is 2.05 bits per heavy atom. The number of aromatic nitrogens is 1.